The second-order valence-corrected chi connectivity index (χ2v) is 10.1. The Labute approximate surface area is 218 Å². The number of allylic oxidation sites excluding steroid dienone is 1. The van der Waals surface area contributed by atoms with Gasteiger partial charge in [0, 0.05) is 5.39 Å². The number of thiazole rings is 1. The molecule has 37 heavy (non-hydrogen) atoms. The highest BCUT2D eigenvalue weighted by atomic mass is 32.1. The number of rotatable bonds is 6. The van der Waals surface area contributed by atoms with Crippen LogP contribution in [-0.2, 0) is 9.53 Å². The first-order valence-corrected chi connectivity index (χ1v) is 13.1. The van der Waals surface area contributed by atoms with Gasteiger partial charge in [0.25, 0.3) is 5.56 Å². The van der Waals surface area contributed by atoms with Crippen molar-refractivity contribution in [2.45, 2.75) is 39.8 Å². The van der Waals surface area contributed by atoms with Crippen LogP contribution in [0, 0.1) is 0 Å². The fraction of sp³-hybridized carbons (Fsp3) is 0.233. The SMILES string of the molecule is CCOc1ccc(C=c2sc3n(c2=O)C(c2ccccc2)C(C(=O)OC(C)C)=C(C)N=3)c2ccccc12. The Morgan fingerprint density at radius 2 is 1.76 bits per heavy atom. The molecule has 1 aliphatic rings. The summed E-state index contributed by atoms with van der Waals surface area (Å²) in [6.45, 7) is 7.94. The molecule has 0 saturated heterocycles. The molecule has 0 fully saturated rings. The van der Waals surface area contributed by atoms with Gasteiger partial charge in [0.05, 0.1) is 34.6 Å². The van der Waals surface area contributed by atoms with Gasteiger partial charge in [0.15, 0.2) is 4.80 Å². The van der Waals surface area contributed by atoms with E-state index in [1.807, 2.05) is 93.6 Å². The third-order valence-corrected chi connectivity index (χ3v) is 7.19. The zero-order valence-corrected chi connectivity index (χ0v) is 22.0. The van der Waals surface area contributed by atoms with E-state index >= 15 is 0 Å². The first-order chi connectivity index (χ1) is 17.9. The molecule has 3 aromatic carbocycles. The molecular formula is C30H28N2O4S. The zero-order valence-electron chi connectivity index (χ0n) is 21.2. The average Bonchev–Trinajstić information content (AvgIpc) is 3.19. The summed E-state index contributed by atoms with van der Waals surface area (Å²) >= 11 is 1.32. The molecule has 1 unspecified atom stereocenters. The van der Waals surface area contributed by atoms with Gasteiger partial charge in [-0.25, -0.2) is 9.79 Å². The molecule has 0 radical (unpaired) electrons. The molecule has 0 saturated carbocycles. The van der Waals surface area contributed by atoms with Crippen molar-refractivity contribution in [3.63, 3.8) is 0 Å². The van der Waals surface area contributed by atoms with Crippen LogP contribution in [0.4, 0.5) is 0 Å². The van der Waals surface area contributed by atoms with Gasteiger partial charge in [-0.1, -0.05) is 72.0 Å². The maximum Gasteiger partial charge on any atom is 0.338 e. The van der Waals surface area contributed by atoms with Crippen LogP contribution in [0.1, 0.15) is 44.9 Å². The van der Waals surface area contributed by atoms with Gasteiger partial charge in [-0.15, -0.1) is 0 Å². The molecule has 1 aliphatic heterocycles. The minimum atomic E-state index is -0.622. The normalized spacial score (nSPS) is 15.6. The molecule has 7 heteroatoms. The van der Waals surface area contributed by atoms with Crippen molar-refractivity contribution < 1.29 is 14.3 Å². The van der Waals surface area contributed by atoms with Crippen molar-refractivity contribution in [3.8, 4) is 5.75 Å². The van der Waals surface area contributed by atoms with Crippen LogP contribution in [-0.4, -0.2) is 23.2 Å². The Bertz CT molecular complexity index is 1700. The van der Waals surface area contributed by atoms with Gasteiger partial charge in [0.2, 0.25) is 0 Å². The van der Waals surface area contributed by atoms with E-state index in [9.17, 15) is 9.59 Å². The molecule has 0 spiro atoms. The highest BCUT2D eigenvalue weighted by Gasteiger charge is 2.33. The summed E-state index contributed by atoms with van der Waals surface area (Å²) in [7, 11) is 0. The Kier molecular flexibility index (Phi) is 6.80. The van der Waals surface area contributed by atoms with E-state index in [0.29, 0.717) is 27.2 Å². The number of carbonyl (C=O) groups excluding carboxylic acids is 1. The monoisotopic (exact) mass is 512 g/mol. The maximum absolute atomic E-state index is 13.9. The third kappa shape index (κ3) is 4.62. The van der Waals surface area contributed by atoms with Crippen LogP contribution in [0.15, 0.2) is 87.8 Å². The lowest BCUT2D eigenvalue weighted by Gasteiger charge is -2.25. The van der Waals surface area contributed by atoms with Crippen molar-refractivity contribution in [2.75, 3.05) is 6.61 Å². The van der Waals surface area contributed by atoms with E-state index in [0.717, 1.165) is 27.6 Å². The second kappa shape index (κ2) is 10.2. The van der Waals surface area contributed by atoms with Crippen LogP contribution < -0.4 is 19.6 Å². The lowest BCUT2D eigenvalue weighted by Crippen LogP contribution is -2.40. The maximum atomic E-state index is 13.9. The largest absolute Gasteiger partial charge is 0.493 e. The van der Waals surface area contributed by atoms with Crippen LogP contribution >= 0.6 is 11.3 Å². The minimum Gasteiger partial charge on any atom is -0.493 e. The quantitative estimate of drug-likeness (QED) is 0.350. The van der Waals surface area contributed by atoms with E-state index in [1.54, 1.807) is 11.5 Å². The lowest BCUT2D eigenvalue weighted by molar-refractivity contribution is -0.143. The number of ether oxygens (including phenoxy) is 2. The predicted molar refractivity (Wildman–Crippen MR) is 147 cm³/mol. The Morgan fingerprint density at radius 3 is 2.46 bits per heavy atom. The van der Waals surface area contributed by atoms with E-state index in [1.165, 1.54) is 11.3 Å². The van der Waals surface area contributed by atoms with Crippen molar-refractivity contribution in [1.29, 1.82) is 0 Å². The van der Waals surface area contributed by atoms with Crippen molar-refractivity contribution >= 4 is 34.2 Å². The number of aromatic nitrogens is 1. The number of hydrogen-bond acceptors (Lipinski definition) is 6. The average molecular weight is 513 g/mol. The third-order valence-electron chi connectivity index (χ3n) is 6.20. The first-order valence-electron chi connectivity index (χ1n) is 12.3. The number of benzene rings is 3. The highest BCUT2D eigenvalue weighted by molar-refractivity contribution is 7.07. The Balaban J connectivity index is 1.72. The molecule has 0 amide bonds. The molecule has 4 aromatic rings. The minimum absolute atomic E-state index is 0.196. The highest BCUT2D eigenvalue weighted by Crippen LogP contribution is 2.31. The lowest BCUT2D eigenvalue weighted by atomic mass is 9.96. The topological polar surface area (TPSA) is 69.9 Å². The molecule has 0 N–H and O–H groups in total. The van der Waals surface area contributed by atoms with Gasteiger partial charge in [-0.3, -0.25) is 9.36 Å². The van der Waals surface area contributed by atoms with E-state index in [2.05, 4.69) is 4.99 Å². The summed E-state index contributed by atoms with van der Waals surface area (Å²) in [6, 6.07) is 20.8. The van der Waals surface area contributed by atoms with Crippen LogP contribution in [0.2, 0.25) is 0 Å². The smallest absolute Gasteiger partial charge is 0.338 e. The van der Waals surface area contributed by atoms with Crippen molar-refractivity contribution in [3.05, 3.63) is 109 Å². The Morgan fingerprint density at radius 1 is 1.05 bits per heavy atom. The summed E-state index contributed by atoms with van der Waals surface area (Å²) in [5.41, 5.74) is 2.48. The number of fused-ring (bicyclic) bond motifs is 2. The summed E-state index contributed by atoms with van der Waals surface area (Å²) in [4.78, 5) is 32.3. The van der Waals surface area contributed by atoms with Gasteiger partial charge < -0.3 is 9.47 Å². The molecule has 0 aliphatic carbocycles. The van der Waals surface area contributed by atoms with Gasteiger partial charge in [0.1, 0.15) is 5.75 Å². The van der Waals surface area contributed by atoms with E-state index in [-0.39, 0.29) is 11.7 Å². The molecular weight excluding hydrogens is 484 g/mol. The van der Waals surface area contributed by atoms with Crippen LogP contribution in [0.3, 0.4) is 0 Å². The number of carbonyl (C=O) groups is 1. The molecule has 0 bridgehead atoms. The molecule has 2 heterocycles. The standard InChI is InChI=1S/C30H28N2O4S/c1-5-35-24-16-15-21(22-13-9-10-14-23(22)24)17-25-28(33)32-27(20-11-7-6-8-12-20)26(29(34)36-18(2)3)19(4)31-30(32)37-25/h6-18,27H,5H2,1-4H3. The second-order valence-electron chi connectivity index (χ2n) is 9.08. The summed E-state index contributed by atoms with van der Waals surface area (Å²) < 4.78 is 13.5. The summed E-state index contributed by atoms with van der Waals surface area (Å²) in [5.74, 6) is 0.349. The van der Waals surface area contributed by atoms with Crippen molar-refractivity contribution in [2.24, 2.45) is 4.99 Å². The fourth-order valence-electron chi connectivity index (χ4n) is 4.65. The molecule has 5 rings (SSSR count). The first kappa shape index (κ1) is 24.7. The molecule has 1 aromatic heterocycles. The Hall–Kier alpha value is -3.97. The molecule has 188 valence electrons. The number of nitrogens with zero attached hydrogens (tertiary/aromatic N) is 2. The predicted octanol–water partition coefficient (Wildman–Crippen LogP) is 4.74. The summed E-state index contributed by atoms with van der Waals surface area (Å²) in [5, 5.41) is 1.99. The van der Waals surface area contributed by atoms with E-state index < -0.39 is 12.0 Å². The number of esters is 1. The van der Waals surface area contributed by atoms with Crippen LogP contribution in [0.5, 0.6) is 5.75 Å². The van der Waals surface area contributed by atoms with Gasteiger partial charge in [-0.05, 0) is 56.4 Å². The van der Waals surface area contributed by atoms with Crippen LogP contribution in [0.25, 0.3) is 16.8 Å². The molecule has 1 atom stereocenters. The zero-order chi connectivity index (χ0) is 26.1. The van der Waals surface area contributed by atoms with Gasteiger partial charge in [-0.2, -0.15) is 0 Å². The summed E-state index contributed by atoms with van der Waals surface area (Å²) in [6.07, 6.45) is 1.61. The van der Waals surface area contributed by atoms with E-state index in [4.69, 9.17) is 9.47 Å². The van der Waals surface area contributed by atoms with Crippen molar-refractivity contribution in [1.82, 2.24) is 4.57 Å². The number of hydrogen-bond donors (Lipinski definition) is 0. The van der Waals surface area contributed by atoms with Gasteiger partial charge >= 0.3 is 5.97 Å². The fourth-order valence-corrected chi connectivity index (χ4v) is 5.69. The molecule has 6 nitrogen and oxygen atoms in total.